The fourth-order valence-corrected chi connectivity index (χ4v) is 3.89. The third kappa shape index (κ3) is 3.31. The smallest absolute Gasteiger partial charge is 0.125 e. The molecule has 0 aromatic heterocycles. The quantitative estimate of drug-likeness (QED) is 0.646. The molecule has 0 spiro atoms. The van der Waals surface area contributed by atoms with Crippen LogP contribution >= 0.6 is 0 Å². The summed E-state index contributed by atoms with van der Waals surface area (Å²) in [6.45, 7) is 1.57. The van der Waals surface area contributed by atoms with E-state index in [1.807, 2.05) is 0 Å². The van der Waals surface area contributed by atoms with Crippen molar-refractivity contribution in [2.75, 3.05) is 39.2 Å². The van der Waals surface area contributed by atoms with Crippen LogP contribution in [0.15, 0.2) is 72.8 Å². The van der Waals surface area contributed by atoms with Crippen LogP contribution in [0.4, 0.5) is 11.4 Å². The summed E-state index contributed by atoms with van der Waals surface area (Å²) in [6.07, 6.45) is 0. The van der Waals surface area contributed by atoms with E-state index in [0.29, 0.717) is 6.61 Å². The molecule has 0 N–H and O–H groups in total. The average molecular weight is 358 g/mol. The molecule has 3 aromatic rings. The third-order valence-corrected chi connectivity index (χ3v) is 5.23. The molecular formula is C24H26N2O. The van der Waals surface area contributed by atoms with Gasteiger partial charge in [0.2, 0.25) is 0 Å². The molecule has 3 heteroatoms. The van der Waals surface area contributed by atoms with Crippen LogP contribution in [0, 0.1) is 0 Å². The van der Waals surface area contributed by atoms with Gasteiger partial charge in [0.05, 0.1) is 0 Å². The highest BCUT2D eigenvalue weighted by Crippen LogP contribution is 2.50. The molecule has 0 amide bonds. The zero-order chi connectivity index (χ0) is 18.8. The molecule has 3 nitrogen and oxygen atoms in total. The highest BCUT2D eigenvalue weighted by molar-refractivity contribution is 5.79. The van der Waals surface area contributed by atoms with Crippen LogP contribution in [0.25, 0.3) is 0 Å². The van der Waals surface area contributed by atoms with Crippen LogP contribution in [0.3, 0.4) is 0 Å². The van der Waals surface area contributed by atoms with Gasteiger partial charge in [0.15, 0.2) is 0 Å². The van der Waals surface area contributed by atoms with Crippen molar-refractivity contribution in [3.05, 3.63) is 89.5 Å². The first-order chi connectivity index (χ1) is 13.2. The fraction of sp³-hybridized carbons (Fsp3) is 0.250. The van der Waals surface area contributed by atoms with E-state index in [-0.39, 0.29) is 5.92 Å². The Balaban J connectivity index is 1.86. The summed E-state index contributed by atoms with van der Waals surface area (Å²) in [5.74, 6) is 1.15. The maximum absolute atomic E-state index is 6.26. The second-order valence-electron chi connectivity index (χ2n) is 7.30. The highest BCUT2D eigenvalue weighted by Gasteiger charge is 2.32. The van der Waals surface area contributed by atoms with Crippen molar-refractivity contribution in [3.8, 4) is 5.75 Å². The summed E-state index contributed by atoms with van der Waals surface area (Å²) < 4.78 is 6.26. The Bertz CT molecular complexity index is 921. The van der Waals surface area contributed by atoms with Crippen molar-refractivity contribution in [2.24, 2.45) is 0 Å². The van der Waals surface area contributed by atoms with E-state index in [0.717, 1.165) is 12.3 Å². The molecule has 1 heterocycles. The normalized spacial score (nSPS) is 15.4. The first-order valence-electron chi connectivity index (χ1n) is 9.45. The summed E-state index contributed by atoms with van der Waals surface area (Å²) in [6, 6.07) is 25.8. The van der Waals surface area contributed by atoms with Gasteiger partial charge in [-0.25, -0.2) is 0 Å². The molecule has 0 saturated carbocycles. The minimum absolute atomic E-state index is 0.171. The van der Waals surface area contributed by atoms with Crippen LogP contribution in [-0.2, 0) is 0 Å². The van der Waals surface area contributed by atoms with Gasteiger partial charge in [0, 0.05) is 36.4 Å². The molecule has 4 rings (SSSR count). The summed E-state index contributed by atoms with van der Waals surface area (Å²) in [5.41, 5.74) is 6.34. The molecule has 1 aliphatic rings. The van der Waals surface area contributed by atoms with Crippen molar-refractivity contribution in [1.29, 1.82) is 0 Å². The Hall–Kier alpha value is -2.78. The van der Waals surface area contributed by atoms with Crippen molar-refractivity contribution in [2.45, 2.75) is 5.92 Å². The van der Waals surface area contributed by atoms with Crippen molar-refractivity contribution in [3.63, 3.8) is 0 Å². The molecular weight excluding hydrogens is 332 g/mol. The number of hydrogen-bond donors (Lipinski definition) is 0. The first kappa shape index (κ1) is 17.6. The van der Waals surface area contributed by atoms with Gasteiger partial charge in [-0.3, -0.25) is 0 Å². The molecule has 1 unspecified atom stereocenters. The molecule has 3 aromatic carbocycles. The predicted octanol–water partition coefficient (Wildman–Crippen LogP) is 4.89. The second-order valence-corrected chi connectivity index (χ2v) is 7.30. The molecule has 0 bridgehead atoms. The lowest BCUT2D eigenvalue weighted by Gasteiger charge is -2.36. The summed E-state index contributed by atoms with van der Waals surface area (Å²) in [5, 5.41) is 0. The Morgan fingerprint density at radius 3 is 2.33 bits per heavy atom. The number of rotatable bonds is 5. The first-order valence-corrected chi connectivity index (χ1v) is 9.45. The molecule has 0 aliphatic carbocycles. The Morgan fingerprint density at radius 2 is 1.56 bits per heavy atom. The standard InChI is InChI=1S/C24H26N2O/c1-25(2)16-17-27-22-15-9-14-21-24(22)23(18-10-5-4-6-11-18)19-12-7-8-13-20(19)26(21)3/h4-15,23H,16-17H2,1-3H3. The summed E-state index contributed by atoms with van der Waals surface area (Å²) >= 11 is 0. The zero-order valence-corrected chi connectivity index (χ0v) is 16.2. The minimum Gasteiger partial charge on any atom is -0.492 e. The van der Waals surface area contributed by atoms with Gasteiger partial charge in [-0.05, 0) is 43.4 Å². The number of nitrogens with zero attached hydrogens (tertiary/aromatic N) is 2. The molecule has 0 radical (unpaired) electrons. The van der Waals surface area contributed by atoms with Gasteiger partial charge in [-0.1, -0.05) is 54.6 Å². The van der Waals surface area contributed by atoms with Gasteiger partial charge >= 0.3 is 0 Å². The molecule has 1 aliphatic heterocycles. The van der Waals surface area contributed by atoms with Gasteiger partial charge in [-0.2, -0.15) is 0 Å². The topological polar surface area (TPSA) is 15.7 Å². The van der Waals surface area contributed by atoms with E-state index in [1.165, 1.54) is 28.1 Å². The van der Waals surface area contributed by atoms with E-state index in [4.69, 9.17) is 4.74 Å². The molecule has 0 saturated heterocycles. The van der Waals surface area contributed by atoms with Crippen LogP contribution in [-0.4, -0.2) is 39.2 Å². The number of benzene rings is 3. The van der Waals surface area contributed by atoms with Crippen molar-refractivity contribution < 1.29 is 4.74 Å². The Morgan fingerprint density at radius 1 is 0.852 bits per heavy atom. The Labute approximate surface area is 161 Å². The van der Waals surface area contributed by atoms with Gasteiger partial charge in [0.25, 0.3) is 0 Å². The van der Waals surface area contributed by atoms with Gasteiger partial charge in [-0.15, -0.1) is 0 Å². The maximum Gasteiger partial charge on any atom is 0.125 e. The van der Waals surface area contributed by atoms with Crippen LogP contribution in [0.2, 0.25) is 0 Å². The molecule has 1 atom stereocenters. The molecule has 138 valence electrons. The lowest BCUT2D eigenvalue weighted by atomic mass is 9.80. The van der Waals surface area contributed by atoms with Gasteiger partial charge in [0.1, 0.15) is 12.4 Å². The number of ether oxygens (including phenoxy) is 1. The van der Waals surface area contributed by atoms with Crippen LogP contribution < -0.4 is 9.64 Å². The zero-order valence-electron chi connectivity index (χ0n) is 16.2. The molecule has 0 fully saturated rings. The SMILES string of the molecule is CN(C)CCOc1cccc2c1C(c1ccccc1)c1ccccc1N2C. The van der Waals surface area contributed by atoms with Crippen molar-refractivity contribution in [1.82, 2.24) is 4.90 Å². The summed E-state index contributed by atoms with van der Waals surface area (Å²) in [7, 11) is 6.28. The van der Waals surface area contributed by atoms with E-state index >= 15 is 0 Å². The average Bonchev–Trinajstić information content (AvgIpc) is 2.69. The van der Waals surface area contributed by atoms with Crippen molar-refractivity contribution >= 4 is 11.4 Å². The number of likely N-dealkylation sites (N-methyl/N-ethyl adjacent to an activating group) is 1. The van der Waals surface area contributed by atoms with E-state index in [1.54, 1.807) is 0 Å². The van der Waals surface area contributed by atoms with Gasteiger partial charge < -0.3 is 14.5 Å². The lowest BCUT2D eigenvalue weighted by Crippen LogP contribution is -2.24. The number of fused-ring (bicyclic) bond motifs is 2. The summed E-state index contributed by atoms with van der Waals surface area (Å²) in [4.78, 5) is 4.43. The van der Waals surface area contributed by atoms with E-state index < -0.39 is 0 Å². The number of para-hydroxylation sites is 1. The lowest BCUT2D eigenvalue weighted by molar-refractivity contribution is 0.259. The minimum atomic E-state index is 0.171. The monoisotopic (exact) mass is 358 g/mol. The highest BCUT2D eigenvalue weighted by atomic mass is 16.5. The molecule has 27 heavy (non-hydrogen) atoms. The van der Waals surface area contributed by atoms with E-state index in [2.05, 4.69) is 104 Å². The Kier molecular flexibility index (Phi) is 4.87. The predicted molar refractivity (Wildman–Crippen MR) is 112 cm³/mol. The maximum atomic E-state index is 6.26. The van der Waals surface area contributed by atoms with Crippen LogP contribution in [0.5, 0.6) is 5.75 Å². The third-order valence-electron chi connectivity index (χ3n) is 5.23. The second kappa shape index (κ2) is 7.45. The number of anilines is 2. The largest absolute Gasteiger partial charge is 0.492 e. The van der Waals surface area contributed by atoms with Crippen LogP contribution in [0.1, 0.15) is 22.6 Å². The van der Waals surface area contributed by atoms with E-state index in [9.17, 15) is 0 Å². The fourth-order valence-electron chi connectivity index (χ4n) is 3.89. The number of hydrogen-bond acceptors (Lipinski definition) is 3.